The zero-order chi connectivity index (χ0) is 8.27. The van der Waals surface area contributed by atoms with Gasteiger partial charge in [-0.2, -0.15) is 0 Å². The van der Waals surface area contributed by atoms with Gasteiger partial charge in [-0.05, 0) is 18.8 Å². The van der Waals surface area contributed by atoms with E-state index in [0.29, 0.717) is 0 Å². The van der Waals surface area contributed by atoms with Crippen LogP contribution in [-0.4, -0.2) is 24.1 Å². The van der Waals surface area contributed by atoms with E-state index in [-0.39, 0.29) is 0 Å². The van der Waals surface area contributed by atoms with Crippen molar-refractivity contribution in [3.63, 3.8) is 0 Å². The average molecular weight is 156 g/mol. The summed E-state index contributed by atoms with van der Waals surface area (Å²) in [7, 11) is 0. The summed E-state index contributed by atoms with van der Waals surface area (Å²) in [6.07, 6.45) is 2.56. The Bertz CT molecular complexity index is 112. The molecule has 0 aromatic rings. The minimum Gasteiger partial charge on any atom is -0.255 e. The molecule has 1 heterocycles. The van der Waals surface area contributed by atoms with Crippen LogP contribution in [0.3, 0.4) is 0 Å². The van der Waals surface area contributed by atoms with Crippen LogP contribution in [-0.2, 0) is 0 Å². The SMILES string of the molecule is CCCN1NCCC1C(C)C. The molecule has 1 unspecified atom stereocenters. The fraction of sp³-hybridized carbons (Fsp3) is 1.00. The van der Waals surface area contributed by atoms with Crippen molar-refractivity contribution in [3.05, 3.63) is 0 Å². The fourth-order valence-electron chi connectivity index (χ4n) is 1.81. The lowest BCUT2D eigenvalue weighted by Gasteiger charge is -2.26. The highest BCUT2D eigenvalue weighted by Crippen LogP contribution is 2.17. The molecule has 0 aromatic heterocycles. The summed E-state index contributed by atoms with van der Waals surface area (Å²) in [4.78, 5) is 0. The summed E-state index contributed by atoms with van der Waals surface area (Å²) in [5.41, 5.74) is 3.42. The van der Waals surface area contributed by atoms with Gasteiger partial charge in [-0.3, -0.25) is 5.43 Å². The standard InChI is InChI=1S/C9H20N2/c1-4-7-11-9(8(2)3)5-6-10-11/h8-10H,4-7H2,1-3H3. The molecule has 1 atom stereocenters. The van der Waals surface area contributed by atoms with E-state index in [1.807, 2.05) is 0 Å². The summed E-state index contributed by atoms with van der Waals surface area (Å²) >= 11 is 0. The van der Waals surface area contributed by atoms with Crippen LogP contribution >= 0.6 is 0 Å². The maximum atomic E-state index is 3.42. The second-order valence-corrected chi connectivity index (χ2v) is 3.70. The van der Waals surface area contributed by atoms with Gasteiger partial charge < -0.3 is 0 Å². The molecule has 1 saturated heterocycles. The van der Waals surface area contributed by atoms with E-state index in [2.05, 4.69) is 31.2 Å². The molecule has 1 fully saturated rings. The van der Waals surface area contributed by atoms with Gasteiger partial charge >= 0.3 is 0 Å². The molecule has 1 N–H and O–H groups in total. The van der Waals surface area contributed by atoms with Crippen LogP contribution in [0.15, 0.2) is 0 Å². The molecule has 1 aliphatic rings. The van der Waals surface area contributed by atoms with E-state index in [0.717, 1.165) is 12.0 Å². The van der Waals surface area contributed by atoms with Crippen molar-refractivity contribution in [3.8, 4) is 0 Å². The summed E-state index contributed by atoms with van der Waals surface area (Å²) in [6, 6.07) is 0.773. The second-order valence-electron chi connectivity index (χ2n) is 3.70. The van der Waals surface area contributed by atoms with Crippen molar-refractivity contribution in [2.75, 3.05) is 13.1 Å². The topological polar surface area (TPSA) is 15.3 Å². The Morgan fingerprint density at radius 2 is 2.27 bits per heavy atom. The van der Waals surface area contributed by atoms with Crippen molar-refractivity contribution in [2.24, 2.45) is 5.92 Å². The normalized spacial score (nSPS) is 26.7. The van der Waals surface area contributed by atoms with E-state index < -0.39 is 0 Å². The Morgan fingerprint density at radius 1 is 1.55 bits per heavy atom. The molecule has 0 saturated carbocycles. The van der Waals surface area contributed by atoms with Gasteiger partial charge in [-0.25, -0.2) is 5.01 Å². The average Bonchev–Trinajstić information content (AvgIpc) is 2.36. The Hall–Kier alpha value is -0.0800. The Kier molecular flexibility index (Phi) is 3.34. The number of hydrogen-bond donors (Lipinski definition) is 1. The molecule has 0 spiro atoms. The van der Waals surface area contributed by atoms with Crippen LogP contribution in [0.2, 0.25) is 0 Å². The quantitative estimate of drug-likeness (QED) is 0.668. The first kappa shape index (κ1) is 9.01. The lowest BCUT2D eigenvalue weighted by Crippen LogP contribution is -2.40. The molecule has 1 aliphatic heterocycles. The fourth-order valence-corrected chi connectivity index (χ4v) is 1.81. The molecule has 1 rings (SSSR count). The van der Waals surface area contributed by atoms with Crippen molar-refractivity contribution >= 4 is 0 Å². The van der Waals surface area contributed by atoms with Crippen LogP contribution in [0, 0.1) is 5.92 Å². The summed E-state index contributed by atoms with van der Waals surface area (Å²) in [6.45, 7) is 9.21. The van der Waals surface area contributed by atoms with Gasteiger partial charge in [-0.1, -0.05) is 20.8 Å². The van der Waals surface area contributed by atoms with Gasteiger partial charge in [0.2, 0.25) is 0 Å². The molecule has 2 nitrogen and oxygen atoms in total. The molecule has 0 aliphatic carbocycles. The van der Waals surface area contributed by atoms with Crippen molar-refractivity contribution < 1.29 is 0 Å². The zero-order valence-electron chi connectivity index (χ0n) is 7.93. The predicted molar refractivity (Wildman–Crippen MR) is 48.2 cm³/mol. The second kappa shape index (κ2) is 4.07. The van der Waals surface area contributed by atoms with Gasteiger partial charge in [0.25, 0.3) is 0 Å². The van der Waals surface area contributed by atoms with Gasteiger partial charge in [-0.15, -0.1) is 0 Å². The zero-order valence-corrected chi connectivity index (χ0v) is 7.93. The molecule has 0 bridgehead atoms. The highest BCUT2D eigenvalue weighted by atomic mass is 15.5. The summed E-state index contributed by atoms with van der Waals surface area (Å²) in [5.74, 6) is 0.788. The van der Waals surface area contributed by atoms with Gasteiger partial charge in [0.1, 0.15) is 0 Å². The number of hydrazine groups is 1. The van der Waals surface area contributed by atoms with Crippen LogP contribution in [0.25, 0.3) is 0 Å². The minimum absolute atomic E-state index is 0.773. The molecule has 11 heavy (non-hydrogen) atoms. The smallest absolute Gasteiger partial charge is 0.0279 e. The van der Waals surface area contributed by atoms with Gasteiger partial charge in [0, 0.05) is 19.1 Å². The first-order valence-electron chi connectivity index (χ1n) is 4.75. The number of nitrogens with one attached hydrogen (secondary N) is 1. The van der Waals surface area contributed by atoms with Crippen molar-refractivity contribution in [2.45, 2.75) is 39.7 Å². The third-order valence-electron chi connectivity index (χ3n) is 2.39. The predicted octanol–water partition coefficient (Wildman–Crippen LogP) is 1.63. The van der Waals surface area contributed by atoms with Crippen molar-refractivity contribution in [1.29, 1.82) is 0 Å². The van der Waals surface area contributed by atoms with E-state index in [1.165, 1.54) is 25.9 Å². The minimum atomic E-state index is 0.773. The monoisotopic (exact) mass is 156 g/mol. The maximum Gasteiger partial charge on any atom is 0.0279 e. The largest absolute Gasteiger partial charge is 0.255 e. The van der Waals surface area contributed by atoms with Crippen LogP contribution in [0.4, 0.5) is 0 Å². The Morgan fingerprint density at radius 3 is 2.82 bits per heavy atom. The molecule has 2 heteroatoms. The van der Waals surface area contributed by atoms with E-state index >= 15 is 0 Å². The summed E-state index contributed by atoms with van der Waals surface area (Å²) in [5, 5.41) is 2.41. The first-order chi connectivity index (χ1) is 5.25. The molecule has 66 valence electrons. The highest BCUT2D eigenvalue weighted by molar-refractivity contribution is 4.78. The molecular formula is C9H20N2. The lowest BCUT2D eigenvalue weighted by atomic mass is 10.0. The van der Waals surface area contributed by atoms with Crippen LogP contribution < -0.4 is 5.43 Å². The highest BCUT2D eigenvalue weighted by Gasteiger charge is 2.25. The number of hydrogen-bond acceptors (Lipinski definition) is 2. The Balaban J connectivity index is 2.37. The molecule has 0 radical (unpaired) electrons. The van der Waals surface area contributed by atoms with Gasteiger partial charge in [0.15, 0.2) is 0 Å². The van der Waals surface area contributed by atoms with E-state index in [9.17, 15) is 0 Å². The molecule has 0 aromatic carbocycles. The molecular weight excluding hydrogens is 136 g/mol. The third kappa shape index (κ3) is 2.17. The van der Waals surface area contributed by atoms with Crippen LogP contribution in [0.1, 0.15) is 33.6 Å². The lowest BCUT2D eigenvalue weighted by molar-refractivity contribution is 0.152. The van der Waals surface area contributed by atoms with E-state index in [4.69, 9.17) is 0 Å². The summed E-state index contributed by atoms with van der Waals surface area (Å²) < 4.78 is 0. The molecule has 0 amide bonds. The van der Waals surface area contributed by atoms with Gasteiger partial charge in [0.05, 0.1) is 0 Å². The van der Waals surface area contributed by atoms with E-state index in [1.54, 1.807) is 0 Å². The maximum absolute atomic E-state index is 3.42. The first-order valence-corrected chi connectivity index (χ1v) is 4.75. The third-order valence-corrected chi connectivity index (χ3v) is 2.39. The number of nitrogens with zero attached hydrogens (tertiary/aromatic N) is 1. The van der Waals surface area contributed by atoms with Crippen molar-refractivity contribution in [1.82, 2.24) is 10.4 Å². The number of rotatable bonds is 3. The van der Waals surface area contributed by atoms with Crippen LogP contribution in [0.5, 0.6) is 0 Å². The Labute approximate surface area is 69.9 Å².